The fourth-order valence-electron chi connectivity index (χ4n) is 7.67. The molecule has 230 valence electrons. The number of allylic oxidation sites excluding steroid dienone is 2. The molecule has 1 N–H and O–H groups in total. The largest absolute Gasteiger partial charge is 0.508 e. The number of methoxy groups -OCH3 is 1. The van der Waals surface area contributed by atoms with Crippen molar-refractivity contribution >= 4 is 52.5 Å². The first-order valence-corrected chi connectivity index (χ1v) is 15.2. The van der Waals surface area contributed by atoms with Gasteiger partial charge in [-0.15, -0.1) is 23.2 Å². The Bertz CT molecular complexity index is 1800. The Labute approximate surface area is 268 Å². The summed E-state index contributed by atoms with van der Waals surface area (Å²) in [4.78, 5) is 54.5. The summed E-state index contributed by atoms with van der Waals surface area (Å²) in [5.41, 5.74) is 1.86. The van der Waals surface area contributed by atoms with Crippen LogP contribution in [0.2, 0.25) is 0 Å². The molecule has 11 heteroatoms. The molecule has 3 fully saturated rings. The molecule has 2 aliphatic carbocycles. The predicted molar refractivity (Wildman–Crippen MR) is 163 cm³/mol. The van der Waals surface area contributed by atoms with E-state index in [-0.39, 0.29) is 48.4 Å². The van der Waals surface area contributed by atoms with Gasteiger partial charge in [0.05, 0.1) is 31.2 Å². The number of aromatic hydroxyl groups is 1. The van der Waals surface area contributed by atoms with Gasteiger partial charge in [0.15, 0.2) is 9.75 Å². The number of benzene rings is 3. The van der Waals surface area contributed by atoms with E-state index in [1.165, 1.54) is 36.3 Å². The average molecular weight is 650 g/mol. The van der Waals surface area contributed by atoms with Crippen LogP contribution in [0, 0.1) is 23.6 Å². The van der Waals surface area contributed by atoms with Gasteiger partial charge in [0, 0.05) is 17.5 Å². The van der Waals surface area contributed by atoms with Crippen molar-refractivity contribution in [1.29, 1.82) is 0 Å². The first-order valence-electron chi connectivity index (χ1n) is 14.5. The van der Waals surface area contributed by atoms with Gasteiger partial charge in [-0.05, 0) is 54.7 Å². The molecular weight excluding hydrogens is 622 g/mol. The molecule has 0 unspecified atom stereocenters. The monoisotopic (exact) mass is 648 g/mol. The van der Waals surface area contributed by atoms with Crippen molar-refractivity contribution < 1.29 is 33.4 Å². The Hall–Kier alpha value is -4.21. The van der Waals surface area contributed by atoms with Crippen molar-refractivity contribution in [1.82, 2.24) is 4.90 Å². The van der Waals surface area contributed by atoms with E-state index >= 15 is 0 Å². The Morgan fingerprint density at radius 3 is 2.33 bits per heavy atom. The second-order valence-electron chi connectivity index (χ2n) is 11.9. The van der Waals surface area contributed by atoms with Crippen molar-refractivity contribution in [3.8, 4) is 11.5 Å². The summed E-state index contributed by atoms with van der Waals surface area (Å²) in [6, 6.07) is 18.3. The van der Waals surface area contributed by atoms with Crippen LogP contribution in [0.4, 0.5) is 10.1 Å². The summed E-state index contributed by atoms with van der Waals surface area (Å²) in [7, 11) is 1.39. The van der Waals surface area contributed by atoms with Crippen LogP contribution in [0.15, 0.2) is 84.4 Å². The summed E-state index contributed by atoms with van der Waals surface area (Å²) in [6.07, 6.45) is 1.86. The normalized spacial score (nSPS) is 30.6. The highest BCUT2D eigenvalue weighted by atomic mass is 35.5. The maximum absolute atomic E-state index is 14.4. The molecule has 3 aromatic carbocycles. The van der Waals surface area contributed by atoms with Crippen LogP contribution in [-0.2, 0) is 25.7 Å². The number of alkyl halides is 2. The lowest BCUT2D eigenvalue weighted by molar-refractivity contribution is -0.141. The van der Waals surface area contributed by atoms with Crippen LogP contribution in [0.5, 0.6) is 11.5 Å². The Morgan fingerprint density at radius 1 is 0.933 bits per heavy atom. The highest BCUT2D eigenvalue weighted by Gasteiger charge is 2.76. The molecule has 2 aliphatic heterocycles. The quantitative estimate of drug-likeness (QED) is 0.229. The number of imide groups is 2. The van der Waals surface area contributed by atoms with Gasteiger partial charge in [-0.3, -0.25) is 24.1 Å². The number of phenolic OH excluding ortho intramolecular Hbond substituents is 1. The average Bonchev–Trinajstić information content (AvgIpc) is 3.36. The summed E-state index contributed by atoms with van der Waals surface area (Å²) < 4.78 is 19.4. The zero-order chi connectivity index (χ0) is 31.8. The molecule has 3 aromatic rings. The van der Waals surface area contributed by atoms with Crippen molar-refractivity contribution in [2.24, 2.45) is 17.8 Å². The van der Waals surface area contributed by atoms with Crippen LogP contribution < -0.4 is 9.64 Å². The third-order valence-electron chi connectivity index (χ3n) is 9.70. The number of anilines is 1. The van der Waals surface area contributed by atoms with E-state index in [1.54, 1.807) is 6.07 Å². The van der Waals surface area contributed by atoms with E-state index in [0.717, 1.165) is 22.6 Å². The number of rotatable bonds is 5. The third kappa shape index (κ3) is 4.10. The second-order valence-corrected chi connectivity index (χ2v) is 13.2. The number of phenols is 1. The minimum absolute atomic E-state index is 0.0910. The summed E-state index contributed by atoms with van der Waals surface area (Å²) in [5, 5.41) is 10.2. The lowest BCUT2D eigenvalue weighted by atomic mass is 9.56. The fourth-order valence-corrected chi connectivity index (χ4v) is 8.60. The molecule has 7 rings (SSSR count). The van der Waals surface area contributed by atoms with E-state index < -0.39 is 51.1 Å². The number of amides is 4. The molecule has 45 heavy (non-hydrogen) atoms. The van der Waals surface area contributed by atoms with Gasteiger partial charge >= 0.3 is 0 Å². The predicted octanol–water partition coefficient (Wildman–Crippen LogP) is 5.30. The first kappa shape index (κ1) is 29.5. The summed E-state index contributed by atoms with van der Waals surface area (Å²) in [5.74, 6) is -6.10. The highest BCUT2D eigenvalue weighted by Crippen LogP contribution is 2.66. The Balaban J connectivity index is 1.39. The van der Waals surface area contributed by atoms with E-state index in [0.29, 0.717) is 11.1 Å². The first-order chi connectivity index (χ1) is 21.5. The molecule has 8 nitrogen and oxygen atoms in total. The molecule has 0 spiro atoms. The summed E-state index contributed by atoms with van der Waals surface area (Å²) in [6.45, 7) is 0.101. The molecule has 4 amide bonds. The summed E-state index contributed by atoms with van der Waals surface area (Å²) >= 11 is 14.8. The van der Waals surface area contributed by atoms with Gasteiger partial charge in [0.1, 0.15) is 17.3 Å². The standard InChI is InChI=1S/C34H27Cl2FN2O6/c1-45-26-15-21(40)11-12-23(26)28-22-13-14-24-27(30(42)38(29(24)41)17-18-5-3-2-4-6-18)25(22)16-33(35)31(43)39(32(44)34(28,33)36)20-9-7-19(37)8-10-20/h2-13,15,24-25,27-28,40H,14,16-17H2,1H3/t24-,25+,27-,28+,33+,34-/m0/s1. The molecule has 2 heterocycles. The maximum Gasteiger partial charge on any atom is 0.258 e. The molecule has 0 radical (unpaired) electrons. The van der Waals surface area contributed by atoms with Crippen LogP contribution in [0.3, 0.4) is 0 Å². The second kappa shape index (κ2) is 10.4. The molecule has 0 bridgehead atoms. The molecule has 2 saturated heterocycles. The van der Waals surface area contributed by atoms with E-state index in [4.69, 9.17) is 27.9 Å². The van der Waals surface area contributed by atoms with E-state index in [9.17, 15) is 28.7 Å². The molecule has 0 aromatic heterocycles. The number of ether oxygens (including phenoxy) is 1. The lowest BCUT2D eigenvalue weighted by Gasteiger charge is -2.50. The van der Waals surface area contributed by atoms with Crippen molar-refractivity contribution in [3.63, 3.8) is 0 Å². The van der Waals surface area contributed by atoms with Gasteiger partial charge in [-0.1, -0.05) is 48.0 Å². The fraction of sp³-hybridized carbons (Fsp3) is 0.294. The van der Waals surface area contributed by atoms with Crippen LogP contribution in [-0.4, -0.2) is 50.5 Å². The number of carbonyl (C=O) groups is 4. The zero-order valence-electron chi connectivity index (χ0n) is 24.0. The Kier molecular flexibility index (Phi) is 6.83. The zero-order valence-corrected chi connectivity index (χ0v) is 25.5. The van der Waals surface area contributed by atoms with Crippen LogP contribution >= 0.6 is 23.2 Å². The van der Waals surface area contributed by atoms with Gasteiger partial charge in [-0.2, -0.15) is 0 Å². The van der Waals surface area contributed by atoms with E-state index in [1.807, 2.05) is 36.4 Å². The molecule has 4 aliphatic rings. The molecule has 1 saturated carbocycles. The number of fused-ring (bicyclic) bond motifs is 4. The maximum atomic E-state index is 14.4. The van der Waals surface area contributed by atoms with Gasteiger partial charge in [-0.25, -0.2) is 9.29 Å². The van der Waals surface area contributed by atoms with Crippen LogP contribution in [0.25, 0.3) is 0 Å². The van der Waals surface area contributed by atoms with Crippen LogP contribution in [0.1, 0.15) is 29.9 Å². The Morgan fingerprint density at radius 2 is 1.64 bits per heavy atom. The number of hydrogen-bond acceptors (Lipinski definition) is 6. The third-order valence-corrected chi connectivity index (χ3v) is 11.1. The number of nitrogens with zero attached hydrogens (tertiary/aromatic N) is 2. The smallest absolute Gasteiger partial charge is 0.258 e. The topological polar surface area (TPSA) is 104 Å². The lowest BCUT2D eigenvalue weighted by Crippen LogP contribution is -2.60. The van der Waals surface area contributed by atoms with E-state index in [2.05, 4.69) is 0 Å². The highest BCUT2D eigenvalue weighted by molar-refractivity contribution is 6.58. The number of hydrogen-bond donors (Lipinski definition) is 1. The number of carbonyl (C=O) groups excluding carboxylic acids is 4. The van der Waals surface area contributed by atoms with Gasteiger partial charge in [0.25, 0.3) is 11.8 Å². The molecular formula is C34H27Cl2FN2O6. The van der Waals surface area contributed by atoms with Crippen molar-refractivity contribution in [3.05, 3.63) is 101 Å². The number of likely N-dealkylation sites (tertiary alicyclic amines) is 1. The molecule has 6 atom stereocenters. The SMILES string of the molecule is COc1cc(O)ccc1[C@H]1C2=CC[C@@H]3C(=O)N(Cc4ccccc4)C(=O)[C@@H]3[C@@H]2C[C@@]2(Cl)C(=O)N(c3ccc(F)cc3)C(=O)[C@@]12Cl. The van der Waals surface area contributed by atoms with Crippen molar-refractivity contribution in [2.45, 2.75) is 35.1 Å². The van der Waals surface area contributed by atoms with Crippen molar-refractivity contribution in [2.75, 3.05) is 12.0 Å². The minimum Gasteiger partial charge on any atom is -0.508 e. The number of halogens is 3. The van der Waals surface area contributed by atoms with Gasteiger partial charge < -0.3 is 9.84 Å². The minimum atomic E-state index is -2.10. The van der Waals surface area contributed by atoms with Gasteiger partial charge in [0.2, 0.25) is 11.8 Å².